The van der Waals surface area contributed by atoms with Gasteiger partial charge >= 0.3 is 0 Å². The molecule has 28 heavy (non-hydrogen) atoms. The lowest BCUT2D eigenvalue weighted by molar-refractivity contribution is -0.116. The number of anilines is 1. The van der Waals surface area contributed by atoms with Gasteiger partial charge in [0.15, 0.2) is 0 Å². The van der Waals surface area contributed by atoms with Crippen molar-refractivity contribution in [3.8, 4) is 10.6 Å². The van der Waals surface area contributed by atoms with Crippen LogP contribution in [0.4, 0.5) is 5.69 Å². The van der Waals surface area contributed by atoms with E-state index in [1.54, 1.807) is 11.3 Å². The Bertz CT molecular complexity index is 1250. The van der Waals surface area contributed by atoms with Crippen LogP contribution in [0.2, 0.25) is 0 Å². The number of thiazole rings is 1. The van der Waals surface area contributed by atoms with Crippen LogP contribution >= 0.6 is 11.3 Å². The maximum atomic E-state index is 12.6. The highest BCUT2D eigenvalue weighted by Crippen LogP contribution is 2.35. The van der Waals surface area contributed by atoms with E-state index in [1.807, 2.05) is 77.5 Å². The largest absolute Gasteiger partial charge is 0.337 e. The van der Waals surface area contributed by atoms with Crippen molar-refractivity contribution in [3.05, 3.63) is 85.1 Å². The molecule has 2 heterocycles. The van der Waals surface area contributed by atoms with Crippen molar-refractivity contribution in [1.82, 2.24) is 9.55 Å². The first kappa shape index (κ1) is 16.7. The molecule has 0 bridgehead atoms. The summed E-state index contributed by atoms with van der Waals surface area (Å²) in [6.45, 7) is 0.250. The highest BCUT2D eigenvalue weighted by atomic mass is 32.1. The van der Waals surface area contributed by atoms with E-state index in [4.69, 9.17) is 4.98 Å². The van der Waals surface area contributed by atoms with Crippen molar-refractivity contribution in [3.63, 3.8) is 0 Å². The van der Waals surface area contributed by atoms with Crippen LogP contribution in [0.3, 0.4) is 0 Å². The standard InChI is InChI=1S/C23H17N3OS/c27-22(24-16-8-2-1-3-9-16)15-26-14-18(17-10-4-6-12-20(17)26)23-25-19-11-5-7-13-21(19)28-23/h1-14H,15H2,(H,24,27). The Hall–Kier alpha value is -3.44. The summed E-state index contributed by atoms with van der Waals surface area (Å²) in [6.07, 6.45) is 2.03. The summed E-state index contributed by atoms with van der Waals surface area (Å²) in [4.78, 5) is 17.4. The van der Waals surface area contributed by atoms with Crippen LogP contribution in [0, 0.1) is 0 Å². The first-order valence-electron chi connectivity index (χ1n) is 9.07. The number of rotatable bonds is 4. The van der Waals surface area contributed by atoms with Crippen molar-refractivity contribution < 1.29 is 4.79 Å². The number of nitrogens with zero attached hydrogens (tertiary/aromatic N) is 2. The smallest absolute Gasteiger partial charge is 0.244 e. The fourth-order valence-corrected chi connectivity index (χ4v) is 4.40. The predicted octanol–water partition coefficient (Wildman–Crippen LogP) is 5.56. The van der Waals surface area contributed by atoms with Gasteiger partial charge in [0.05, 0.1) is 10.2 Å². The van der Waals surface area contributed by atoms with Gasteiger partial charge in [-0.15, -0.1) is 11.3 Å². The number of hydrogen-bond donors (Lipinski definition) is 1. The quantitative estimate of drug-likeness (QED) is 0.442. The van der Waals surface area contributed by atoms with E-state index in [-0.39, 0.29) is 12.5 Å². The molecule has 0 radical (unpaired) electrons. The lowest BCUT2D eigenvalue weighted by Crippen LogP contribution is -2.18. The normalized spacial score (nSPS) is 11.1. The number of benzene rings is 3. The number of fused-ring (bicyclic) bond motifs is 2. The summed E-state index contributed by atoms with van der Waals surface area (Å²) >= 11 is 1.68. The molecule has 0 saturated heterocycles. The van der Waals surface area contributed by atoms with Crippen LogP contribution in [0.1, 0.15) is 0 Å². The molecule has 3 aromatic carbocycles. The third-order valence-corrected chi connectivity index (χ3v) is 5.75. The summed E-state index contributed by atoms with van der Waals surface area (Å²) in [5, 5.41) is 5.03. The number of carbonyl (C=O) groups is 1. The molecule has 5 rings (SSSR count). The average Bonchev–Trinajstić information content (AvgIpc) is 3.30. The monoisotopic (exact) mass is 383 g/mol. The number of para-hydroxylation sites is 3. The number of amides is 1. The number of nitrogens with one attached hydrogen (secondary N) is 1. The van der Waals surface area contributed by atoms with Crippen LogP contribution in [-0.4, -0.2) is 15.5 Å². The molecule has 1 N–H and O–H groups in total. The van der Waals surface area contributed by atoms with Gasteiger partial charge in [0.25, 0.3) is 0 Å². The van der Waals surface area contributed by atoms with Crippen molar-refractivity contribution in [2.24, 2.45) is 0 Å². The number of aromatic nitrogens is 2. The molecule has 0 unspecified atom stereocenters. The van der Waals surface area contributed by atoms with Crippen molar-refractivity contribution >= 4 is 44.1 Å². The minimum absolute atomic E-state index is 0.0530. The highest BCUT2D eigenvalue weighted by molar-refractivity contribution is 7.21. The Morgan fingerprint density at radius 1 is 0.929 bits per heavy atom. The van der Waals surface area contributed by atoms with E-state index in [0.717, 1.165) is 37.4 Å². The molecule has 5 aromatic rings. The van der Waals surface area contributed by atoms with Gasteiger partial charge in [0.1, 0.15) is 11.6 Å². The molecule has 5 heteroatoms. The molecule has 0 spiro atoms. The zero-order valence-corrected chi connectivity index (χ0v) is 15.8. The molecular weight excluding hydrogens is 366 g/mol. The zero-order valence-electron chi connectivity index (χ0n) is 15.0. The second-order valence-corrected chi connectivity index (χ2v) is 7.62. The van der Waals surface area contributed by atoms with Crippen molar-refractivity contribution in [2.45, 2.75) is 6.54 Å². The highest BCUT2D eigenvalue weighted by Gasteiger charge is 2.15. The predicted molar refractivity (Wildman–Crippen MR) is 116 cm³/mol. The second kappa shape index (κ2) is 6.94. The molecule has 136 valence electrons. The van der Waals surface area contributed by atoms with E-state index in [0.29, 0.717) is 0 Å². The van der Waals surface area contributed by atoms with Gasteiger partial charge in [-0.05, 0) is 30.3 Å². The first-order valence-corrected chi connectivity index (χ1v) is 9.88. The summed E-state index contributed by atoms with van der Waals surface area (Å²) in [5.41, 5.74) is 3.89. The van der Waals surface area contributed by atoms with E-state index >= 15 is 0 Å². The molecule has 2 aromatic heterocycles. The lowest BCUT2D eigenvalue weighted by Gasteiger charge is -2.07. The van der Waals surface area contributed by atoms with Crippen LogP contribution in [0.25, 0.3) is 31.7 Å². The Labute approximate surface area is 166 Å². The average molecular weight is 383 g/mol. The minimum atomic E-state index is -0.0530. The van der Waals surface area contributed by atoms with E-state index < -0.39 is 0 Å². The lowest BCUT2D eigenvalue weighted by atomic mass is 10.2. The Kier molecular flexibility index (Phi) is 4.14. The van der Waals surface area contributed by atoms with E-state index in [2.05, 4.69) is 17.4 Å². The molecular formula is C23H17N3OS. The van der Waals surface area contributed by atoms with Gasteiger partial charge in [-0.2, -0.15) is 0 Å². The van der Waals surface area contributed by atoms with Crippen LogP contribution in [0.5, 0.6) is 0 Å². The second-order valence-electron chi connectivity index (χ2n) is 6.59. The van der Waals surface area contributed by atoms with Gasteiger partial charge in [-0.1, -0.05) is 48.5 Å². The van der Waals surface area contributed by atoms with E-state index in [9.17, 15) is 4.79 Å². The molecule has 0 saturated carbocycles. The maximum Gasteiger partial charge on any atom is 0.244 e. The molecule has 0 atom stereocenters. The van der Waals surface area contributed by atoms with Crippen molar-refractivity contribution in [2.75, 3.05) is 5.32 Å². The van der Waals surface area contributed by atoms with Crippen LogP contribution in [0.15, 0.2) is 85.1 Å². The third-order valence-electron chi connectivity index (χ3n) is 4.68. The van der Waals surface area contributed by atoms with Crippen LogP contribution < -0.4 is 5.32 Å². The molecule has 1 amide bonds. The number of carbonyl (C=O) groups excluding carboxylic acids is 1. The molecule has 0 aliphatic heterocycles. The van der Waals surface area contributed by atoms with Gasteiger partial charge < -0.3 is 9.88 Å². The topological polar surface area (TPSA) is 46.9 Å². The van der Waals surface area contributed by atoms with Gasteiger partial charge in [0, 0.05) is 28.4 Å². The van der Waals surface area contributed by atoms with E-state index in [1.165, 1.54) is 0 Å². The number of hydrogen-bond acceptors (Lipinski definition) is 3. The fraction of sp³-hybridized carbons (Fsp3) is 0.0435. The molecule has 0 aliphatic carbocycles. The Balaban J connectivity index is 1.52. The summed E-state index contributed by atoms with van der Waals surface area (Å²) < 4.78 is 3.16. The minimum Gasteiger partial charge on any atom is -0.337 e. The molecule has 0 aliphatic rings. The van der Waals surface area contributed by atoms with Crippen molar-refractivity contribution in [1.29, 1.82) is 0 Å². The Morgan fingerprint density at radius 2 is 1.68 bits per heavy atom. The maximum absolute atomic E-state index is 12.6. The zero-order chi connectivity index (χ0) is 18.9. The summed E-state index contributed by atoms with van der Waals surface area (Å²) in [7, 11) is 0. The van der Waals surface area contributed by atoms with Crippen LogP contribution in [-0.2, 0) is 11.3 Å². The molecule has 4 nitrogen and oxygen atoms in total. The third kappa shape index (κ3) is 3.06. The summed E-state index contributed by atoms with van der Waals surface area (Å²) in [5.74, 6) is -0.0530. The fourth-order valence-electron chi connectivity index (χ4n) is 3.41. The molecule has 0 fully saturated rings. The van der Waals surface area contributed by atoms with Gasteiger partial charge in [0.2, 0.25) is 5.91 Å². The summed E-state index contributed by atoms with van der Waals surface area (Å²) in [6, 6.07) is 25.8. The van der Waals surface area contributed by atoms with Gasteiger partial charge in [-0.25, -0.2) is 4.98 Å². The Morgan fingerprint density at radius 3 is 2.54 bits per heavy atom. The SMILES string of the molecule is O=C(Cn1cc(-c2nc3ccccc3s2)c2ccccc21)Nc1ccccc1. The van der Waals surface area contributed by atoms with Gasteiger partial charge in [-0.3, -0.25) is 4.79 Å². The first-order chi connectivity index (χ1) is 13.8.